The van der Waals surface area contributed by atoms with E-state index in [9.17, 15) is 0 Å². The maximum Gasteiger partial charge on any atom is 0.184 e. The minimum Gasteiger partial charge on any atom is -0.469 e. The summed E-state index contributed by atoms with van der Waals surface area (Å²) in [6.45, 7) is 0.297. The van der Waals surface area contributed by atoms with Gasteiger partial charge in [0.2, 0.25) is 0 Å². The molecule has 16 heavy (non-hydrogen) atoms. The Morgan fingerprint density at radius 2 is 2.31 bits per heavy atom. The topological polar surface area (TPSA) is 68.6 Å². The van der Waals surface area contributed by atoms with Crippen molar-refractivity contribution in [3.63, 3.8) is 0 Å². The van der Waals surface area contributed by atoms with Crippen molar-refractivity contribution in [2.24, 2.45) is 0 Å². The van der Waals surface area contributed by atoms with E-state index in [1.807, 2.05) is 30.5 Å². The number of ether oxygens (including phenoxy) is 1. The molecule has 0 aliphatic carbocycles. The van der Waals surface area contributed by atoms with Crippen molar-refractivity contribution < 1.29 is 4.74 Å². The van der Waals surface area contributed by atoms with E-state index in [2.05, 4.69) is 20.5 Å². The zero-order valence-electron chi connectivity index (χ0n) is 8.37. The Hall–Kier alpha value is -2.37. The highest BCUT2D eigenvalue weighted by Gasteiger charge is 2.02. The maximum atomic E-state index is 5.61. The number of tetrazole rings is 1. The summed E-state index contributed by atoms with van der Waals surface area (Å²) in [5.74, 6) is 0.790. The largest absolute Gasteiger partial charge is 0.469 e. The lowest BCUT2D eigenvalue weighted by Crippen LogP contribution is -2.06. The molecule has 1 N–H and O–H groups in total. The van der Waals surface area contributed by atoms with Crippen molar-refractivity contribution in [1.82, 2.24) is 25.2 Å². The molecule has 0 bridgehead atoms. The van der Waals surface area contributed by atoms with Gasteiger partial charge in [-0.05, 0) is 22.6 Å². The highest BCUT2D eigenvalue weighted by molar-refractivity contribution is 5.84. The summed E-state index contributed by atoms with van der Waals surface area (Å²) in [6, 6.07) is 7.88. The van der Waals surface area contributed by atoms with Crippen LogP contribution < -0.4 is 4.74 Å². The van der Waals surface area contributed by atoms with Crippen LogP contribution in [0.5, 0.6) is 5.75 Å². The van der Waals surface area contributed by atoms with E-state index in [1.165, 1.54) is 11.0 Å². The number of nitrogens with zero attached hydrogens (tertiary/aromatic N) is 4. The highest BCUT2D eigenvalue weighted by Crippen LogP contribution is 2.23. The fraction of sp³-hybridized carbons (Fsp3) is 0.100. The summed E-state index contributed by atoms with van der Waals surface area (Å²) in [5.41, 5.74) is 0.982. The molecule has 6 heteroatoms. The zero-order chi connectivity index (χ0) is 10.8. The van der Waals surface area contributed by atoms with Crippen LogP contribution in [0.15, 0.2) is 36.8 Å². The SMILES string of the molecule is c1cc(OCn2cnnn2)c2[nH]ccc2c1. The molecule has 2 aromatic heterocycles. The fourth-order valence-electron chi connectivity index (χ4n) is 1.55. The van der Waals surface area contributed by atoms with Crippen molar-refractivity contribution in [3.05, 3.63) is 36.8 Å². The summed E-state index contributed by atoms with van der Waals surface area (Å²) < 4.78 is 7.13. The van der Waals surface area contributed by atoms with Gasteiger partial charge in [-0.15, -0.1) is 5.10 Å². The molecule has 3 aromatic rings. The van der Waals surface area contributed by atoms with E-state index >= 15 is 0 Å². The first-order valence-electron chi connectivity index (χ1n) is 4.83. The van der Waals surface area contributed by atoms with E-state index in [4.69, 9.17) is 4.74 Å². The Bertz CT molecular complexity index is 586. The second kappa shape index (κ2) is 3.65. The summed E-state index contributed by atoms with van der Waals surface area (Å²) in [7, 11) is 0. The minimum absolute atomic E-state index is 0.297. The van der Waals surface area contributed by atoms with Gasteiger partial charge >= 0.3 is 0 Å². The van der Waals surface area contributed by atoms with Crippen LogP contribution in [-0.2, 0) is 6.73 Å². The molecule has 3 rings (SSSR count). The van der Waals surface area contributed by atoms with Crippen LogP contribution in [0.4, 0.5) is 0 Å². The smallest absolute Gasteiger partial charge is 0.184 e. The molecule has 0 radical (unpaired) electrons. The Kier molecular flexibility index (Phi) is 2.03. The van der Waals surface area contributed by atoms with Crippen molar-refractivity contribution in [3.8, 4) is 5.75 Å². The lowest BCUT2D eigenvalue weighted by molar-refractivity contribution is 0.220. The van der Waals surface area contributed by atoms with Crippen molar-refractivity contribution in [1.29, 1.82) is 0 Å². The third-order valence-corrected chi connectivity index (χ3v) is 2.29. The summed E-state index contributed by atoms with van der Waals surface area (Å²) >= 11 is 0. The molecule has 0 atom stereocenters. The molecule has 0 aliphatic rings. The quantitative estimate of drug-likeness (QED) is 0.712. The second-order valence-corrected chi connectivity index (χ2v) is 3.32. The number of para-hydroxylation sites is 1. The number of nitrogens with one attached hydrogen (secondary N) is 1. The number of benzene rings is 1. The van der Waals surface area contributed by atoms with Crippen LogP contribution in [0.1, 0.15) is 0 Å². The van der Waals surface area contributed by atoms with Gasteiger partial charge in [-0.25, -0.2) is 0 Å². The molecule has 0 saturated carbocycles. The van der Waals surface area contributed by atoms with E-state index < -0.39 is 0 Å². The van der Waals surface area contributed by atoms with Gasteiger partial charge in [0, 0.05) is 11.6 Å². The van der Waals surface area contributed by atoms with Gasteiger partial charge in [0.1, 0.15) is 12.1 Å². The van der Waals surface area contributed by atoms with E-state index in [0.717, 1.165) is 16.7 Å². The summed E-state index contributed by atoms with van der Waals surface area (Å²) in [6.07, 6.45) is 3.39. The first-order chi connectivity index (χ1) is 7.93. The fourth-order valence-corrected chi connectivity index (χ4v) is 1.55. The average Bonchev–Trinajstić information content (AvgIpc) is 2.97. The van der Waals surface area contributed by atoms with Crippen LogP contribution in [0.3, 0.4) is 0 Å². The molecule has 2 heterocycles. The average molecular weight is 215 g/mol. The number of aromatic amines is 1. The zero-order valence-corrected chi connectivity index (χ0v) is 8.37. The predicted octanol–water partition coefficient (Wildman–Crippen LogP) is 1.19. The van der Waals surface area contributed by atoms with E-state index in [1.54, 1.807) is 0 Å². The Labute approximate surface area is 90.8 Å². The third kappa shape index (κ3) is 1.50. The third-order valence-electron chi connectivity index (χ3n) is 2.29. The summed E-state index contributed by atoms with van der Waals surface area (Å²) in [4.78, 5) is 3.13. The van der Waals surface area contributed by atoms with Crippen LogP contribution in [0.2, 0.25) is 0 Å². The van der Waals surface area contributed by atoms with Gasteiger partial charge in [0.05, 0.1) is 5.52 Å². The molecular weight excluding hydrogens is 206 g/mol. The van der Waals surface area contributed by atoms with E-state index in [-0.39, 0.29) is 0 Å². The molecule has 0 amide bonds. The number of hydrogen-bond donors (Lipinski definition) is 1. The molecule has 0 fully saturated rings. The van der Waals surface area contributed by atoms with Gasteiger partial charge < -0.3 is 9.72 Å². The molecule has 0 spiro atoms. The monoisotopic (exact) mass is 215 g/mol. The molecule has 0 unspecified atom stereocenters. The molecule has 6 nitrogen and oxygen atoms in total. The standard InChI is InChI=1S/C10H9N5O/c1-2-8-4-5-11-10(8)9(3-1)16-7-15-6-12-13-14-15/h1-6,11H,7H2. The number of hydrogen-bond acceptors (Lipinski definition) is 4. The van der Waals surface area contributed by atoms with Crippen LogP contribution in [0, 0.1) is 0 Å². The van der Waals surface area contributed by atoms with Gasteiger partial charge in [0.15, 0.2) is 6.73 Å². The van der Waals surface area contributed by atoms with Gasteiger partial charge in [-0.2, -0.15) is 4.68 Å². The van der Waals surface area contributed by atoms with Crippen LogP contribution >= 0.6 is 0 Å². The molecule has 1 aromatic carbocycles. The summed E-state index contributed by atoms with van der Waals surface area (Å²) in [5, 5.41) is 11.9. The first kappa shape index (κ1) is 8.90. The lowest BCUT2D eigenvalue weighted by Gasteiger charge is -2.05. The Morgan fingerprint density at radius 1 is 1.31 bits per heavy atom. The Morgan fingerprint density at radius 3 is 3.19 bits per heavy atom. The van der Waals surface area contributed by atoms with Crippen molar-refractivity contribution in [2.45, 2.75) is 6.73 Å². The Balaban J connectivity index is 1.86. The first-order valence-corrected chi connectivity index (χ1v) is 4.83. The lowest BCUT2D eigenvalue weighted by atomic mass is 10.2. The number of rotatable bonds is 3. The molecule has 80 valence electrons. The molecular formula is C10H9N5O. The molecule has 0 saturated heterocycles. The van der Waals surface area contributed by atoms with Crippen LogP contribution in [0.25, 0.3) is 10.9 Å². The number of fused-ring (bicyclic) bond motifs is 1. The van der Waals surface area contributed by atoms with E-state index in [0.29, 0.717) is 6.73 Å². The second-order valence-electron chi connectivity index (χ2n) is 3.32. The van der Waals surface area contributed by atoms with Gasteiger partial charge in [0.25, 0.3) is 0 Å². The normalized spacial score (nSPS) is 10.8. The predicted molar refractivity (Wildman–Crippen MR) is 56.7 cm³/mol. The molecule has 0 aliphatic heterocycles. The van der Waals surface area contributed by atoms with Crippen LogP contribution in [-0.4, -0.2) is 25.2 Å². The van der Waals surface area contributed by atoms with Crippen molar-refractivity contribution in [2.75, 3.05) is 0 Å². The number of H-pyrrole nitrogens is 1. The number of aromatic nitrogens is 5. The van der Waals surface area contributed by atoms with Gasteiger partial charge in [-0.3, -0.25) is 0 Å². The van der Waals surface area contributed by atoms with Gasteiger partial charge in [-0.1, -0.05) is 12.1 Å². The van der Waals surface area contributed by atoms with Crippen molar-refractivity contribution >= 4 is 10.9 Å². The maximum absolute atomic E-state index is 5.61. The highest BCUT2D eigenvalue weighted by atomic mass is 16.5. The minimum atomic E-state index is 0.297.